The Morgan fingerprint density at radius 2 is 1.81 bits per heavy atom. The first-order valence-corrected chi connectivity index (χ1v) is 10.1. The number of nitrogens with zero attached hydrogens (tertiary/aromatic N) is 4. The summed E-state index contributed by atoms with van der Waals surface area (Å²) in [7, 11) is 2.09. The van der Waals surface area contributed by atoms with Crippen LogP contribution < -0.4 is 15.0 Å². The number of carbonyl (C=O) groups excluding carboxylic acids is 1. The van der Waals surface area contributed by atoms with Crippen LogP contribution in [-0.4, -0.2) is 60.6 Å². The molecule has 0 aliphatic carbocycles. The summed E-state index contributed by atoms with van der Waals surface area (Å²) in [6.07, 6.45) is -2.69. The second kappa shape index (κ2) is 8.99. The summed E-state index contributed by atoms with van der Waals surface area (Å²) in [6, 6.07) is 9.49. The second-order valence-corrected chi connectivity index (χ2v) is 7.59. The molecule has 7 nitrogen and oxygen atoms in total. The van der Waals surface area contributed by atoms with Gasteiger partial charge >= 0.3 is 6.18 Å². The molecule has 0 spiro atoms. The van der Waals surface area contributed by atoms with E-state index < -0.39 is 17.6 Å². The molecule has 0 unspecified atom stereocenters. The van der Waals surface area contributed by atoms with Gasteiger partial charge in [-0.15, -0.1) is 0 Å². The van der Waals surface area contributed by atoms with Crippen LogP contribution in [0.4, 0.5) is 24.8 Å². The van der Waals surface area contributed by atoms with E-state index in [0.29, 0.717) is 11.6 Å². The van der Waals surface area contributed by atoms with Gasteiger partial charge in [0.1, 0.15) is 5.75 Å². The predicted octanol–water partition coefficient (Wildman–Crippen LogP) is 3.42. The van der Waals surface area contributed by atoms with Crippen molar-refractivity contribution in [3.63, 3.8) is 0 Å². The quantitative estimate of drug-likeness (QED) is 0.649. The SMILES string of the molecule is CN1CCN(c2ncc3cc(NC(=O)COc4ccc(C(F)(F)F)cc4)ccc3n2)CC1. The molecule has 2 aromatic carbocycles. The molecule has 1 N–H and O–H groups in total. The maximum atomic E-state index is 12.6. The van der Waals surface area contributed by atoms with Crippen molar-refractivity contribution in [2.24, 2.45) is 0 Å². The standard InChI is InChI=1S/C22H22F3N5O2/c1-29-8-10-30(11-9-29)21-26-13-15-12-17(4-7-19(15)28-21)27-20(31)14-32-18-5-2-16(3-6-18)22(23,24)25/h2-7,12-13H,8-11,14H2,1H3,(H,27,31). The first-order valence-electron chi connectivity index (χ1n) is 10.1. The summed E-state index contributed by atoms with van der Waals surface area (Å²) >= 11 is 0. The van der Waals surface area contributed by atoms with Crippen molar-refractivity contribution in [3.8, 4) is 5.75 Å². The van der Waals surface area contributed by atoms with Crippen molar-refractivity contribution < 1.29 is 22.7 Å². The van der Waals surface area contributed by atoms with Gasteiger partial charge in [-0.25, -0.2) is 9.97 Å². The maximum absolute atomic E-state index is 12.6. The third kappa shape index (κ3) is 5.25. The minimum atomic E-state index is -4.42. The smallest absolute Gasteiger partial charge is 0.416 e. The van der Waals surface area contributed by atoms with Crippen molar-refractivity contribution in [2.45, 2.75) is 6.18 Å². The molecule has 4 rings (SSSR count). The average Bonchev–Trinajstić information content (AvgIpc) is 2.77. The Hall–Kier alpha value is -3.40. The maximum Gasteiger partial charge on any atom is 0.416 e. The number of likely N-dealkylation sites (N-methyl/N-ethyl adjacent to an activating group) is 1. The number of fused-ring (bicyclic) bond motifs is 1. The number of aromatic nitrogens is 2. The van der Waals surface area contributed by atoms with Crippen molar-refractivity contribution >= 4 is 28.4 Å². The Kier molecular flexibility index (Phi) is 6.13. The predicted molar refractivity (Wildman–Crippen MR) is 115 cm³/mol. The largest absolute Gasteiger partial charge is 0.484 e. The molecule has 1 aromatic heterocycles. The van der Waals surface area contributed by atoms with Gasteiger partial charge in [-0.05, 0) is 49.5 Å². The fraction of sp³-hybridized carbons (Fsp3) is 0.318. The van der Waals surface area contributed by atoms with E-state index in [1.807, 2.05) is 6.07 Å². The molecule has 32 heavy (non-hydrogen) atoms. The van der Waals surface area contributed by atoms with E-state index in [0.717, 1.165) is 49.2 Å². The summed E-state index contributed by atoms with van der Waals surface area (Å²) < 4.78 is 43.1. The molecule has 1 saturated heterocycles. The monoisotopic (exact) mass is 445 g/mol. The Labute approximate surface area is 182 Å². The molecule has 1 amide bonds. The van der Waals surface area contributed by atoms with Gasteiger partial charge in [0.2, 0.25) is 5.95 Å². The van der Waals surface area contributed by atoms with Crippen LogP contribution in [0.1, 0.15) is 5.56 Å². The highest BCUT2D eigenvalue weighted by atomic mass is 19.4. The number of amides is 1. The van der Waals surface area contributed by atoms with Crippen molar-refractivity contribution in [3.05, 3.63) is 54.2 Å². The number of hydrogen-bond acceptors (Lipinski definition) is 6. The lowest BCUT2D eigenvalue weighted by Gasteiger charge is -2.32. The van der Waals surface area contributed by atoms with Gasteiger partial charge in [-0.3, -0.25) is 4.79 Å². The number of alkyl halides is 3. The van der Waals surface area contributed by atoms with Gasteiger partial charge in [0.05, 0.1) is 11.1 Å². The minimum Gasteiger partial charge on any atom is -0.484 e. The Balaban J connectivity index is 1.35. The topological polar surface area (TPSA) is 70.6 Å². The van der Waals surface area contributed by atoms with Crippen LogP contribution in [0.3, 0.4) is 0 Å². The van der Waals surface area contributed by atoms with Crippen molar-refractivity contribution in [2.75, 3.05) is 50.1 Å². The fourth-order valence-corrected chi connectivity index (χ4v) is 3.35. The van der Waals surface area contributed by atoms with E-state index in [2.05, 4.69) is 32.1 Å². The molecule has 1 aliphatic heterocycles. The molecule has 0 atom stereocenters. The van der Waals surface area contributed by atoms with Gasteiger partial charge < -0.3 is 19.9 Å². The molecule has 0 radical (unpaired) electrons. The van der Waals surface area contributed by atoms with E-state index in [-0.39, 0.29) is 12.4 Å². The molecule has 10 heteroatoms. The summed E-state index contributed by atoms with van der Waals surface area (Å²) in [5.74, 6) is 0.433. The van der Waals surface area contributed by atoms with Crippen LogP contribution in [0.15, 0.2) is 48.7 Å². The summed E-state index contributed by atoms with van der Waals surface area (Å²) in [4.78, 5) is 25.7. The third-order valence-electron chi connectivity index (χ3n) is 5.19. The summed E-state index contributed by atoms with van der Waals surface area (Å²) in [5, 5.41) is 3.49. The highest BCUT2D eigenvalue weighted by Gasteiger charge is 2.30. The molecule has 2 heterocycles. The van der Waals surface area contributed by atoms with Crippen LogP contribution in [0.25, 0.3) is 10.9 Å². The normalized spacial score (nSPS) is 15.1. The lowest BCUT2D eigenvalue weighted by atomic mass is 10.2. The van der Waals surface area contributed by atoms with Crippen LogP contribution in [0, 0.1) is 0 Å². The minimum absolute atomic E-state index is 0.177. The highest BCUT2D eigenvalue weighted by molar-refractivity contribution is 5.94. The Bertz CT molecular complexity index is 1100. The zero-order chi connectivity index (χ0) is 22.7. The number of nitrogens with one attached hydrogen (secondary N) is 1. The van der Waals surface area contributed by atoms with Gasteiger partial charge in [0.25, 0.3) is 5.91 Å². The molecule has 0 saturated carbocycles. The number of ether oxygens (including phenoxy) is 1. The number of piperazine rings is 1. The van der Waals surface area contributed by atoms with E-state index in [4.69, 9.17) is 4.74 Å². The third-order valence-corrected chi connectivity index (χ3v) is 5.19. The molecular weight excluding hydrogens is 423 g/mol. The van der Waals surface area contributed by atoms with Gasteiger partial charge in [0.15, 0.2) is 6.61 Å². The number of rotatable bonds is 5. The lowest BCUT2D eigenvalue weighted by molar-refractivity contribution is -0.137. The first kappa shape index (κ1) is 21.8. The van der Waals surface area contributed by atoms with E-state index >= 15 is 0 Å². The molecule has 1 aliphatic rings. The van der Waals surface area contributed by atoms with Crippen LogP contribution in [0.2, 0.25) is 0 Å². The number of carbonyl (C=O) groups is 1. The summed E-state index contributed by atoms with van der Waals surface area (Å²) in [6.45, 7) is 3.33. The zero-order valence-corrected chi connectivity index (χ0v) is 17.4. The summed E-state index contributed by atoms with van der Waals surface area (Å²) in [5.41, 5.74) is 0.547. The van der Waals surface area contributed by atoms with Crippen molar-refractivity contribution in [1.29, 1.82) is 0 Å². The van der Waals surface area contributed by atoms with Crippen LogP contribution in [-0.2, 0) is 11.0 Å². The molecule has 168 valence electrons. The average molecular weight is 445 g/mol. The number of halogens is 3. The lowest BCUT2D eigenvalue weighted by Crippen LogP contribution is -2.45. The van der Waals surface area contributed by atoms with Gasteiger partial charge in [-0.1, -0.05) is 0 Å². The number of hydrogen-bond donors (Lipinski definition) is 1. The molecule has 0 bridgehead atoms. The highest BCUT2D eigenvalue weighted by Crippen LogP contribution is 2.30. The number of benzene rings is 2. The molecular formula is C22H22F3N5O2. The van der Waals surface area contributed by atoms with Crippen LogP contribution in [0.5, 0.6) is 5.75 Å². The molecule has 1 fully saturated rings. The Morgan fingerprint density at radius 1 is 1.09 bits per heavy atom. The van der Waals surface area contributed by atoms with Gasteiger partial charge in [0, 0.05) is 43.4 Å². The van der Waals surface area contributed by atoms with Crippen LogP contribution >= 0.6 is 0 Å². The van der Waals surface area contributed by atoms with E-state index in [1.54, 1.807) is 18.3 Å². The molecule has 3 aromatic rings. The number of anilines is 2. The van der Waals surface area contributed by atoms with Crippen molar-refractivity contribution in [1.82, 2.24) is 14.9 Å². The van der Waals surface area contributed by atoms with E-state index in [9.17, 15) is 18.0 Å². The van der Waals surface area contributed by atoms with E-state index in [1.165, 1.54) is 12.1 Å². The first-order chi connectivity index (χ1) is 15.3. The zero-order valence-electron chi connectivity index (χ0n) is 17.4. The second-order valence-electron chi connectivity index (χ2n) is 7.59. The van der Waals surface area contributed by atoms with Gasteiger partial charge in [-0.2, -0.15) is 13.2 Å². The Morgan fingerprint density at radius 3 is 2.50 bits per heavy atom. The fourth-order valence-electron chi connectivity index (χ4n) is 3.35.